The van der Waals surface area contributed by atoms with Crippen LogP contribution in [0.4, 0.5) is 13.2 Å². The molecule has 0 fully saturated rings. The Kier molecular flexibility index (Phi) is 7.41. The third-order valence-corrected chi connectivity index (χ3v) is 6.96. The number of carbonyl (C=O) groups is 1. The Labute approximate surface area is 201 Å². The van der Waals surface area contributed by atoms with Gasteiger partial charge in [-0.05, 0) is 82.5 Å². The maximum atomic E-state index is 12.9. The van der Waals surface area contributed by atoms with Gasteiger partial charge in [0.1, 0.15) is 17.6 Å². The van der Waals surface area contributed by atoms with E-state index in [1.807, 2.05) is 26.8 Å². The molecule has 1 heterocycles. The lowest BCUT2D eigenvalue weighted by molar-refractivity contribution is -0.152. The predicted octanol–water partition coefficient (Wildman–Crippen LogP) is 7.48. The second kappa shape index (κ2) is 9.78. The number of ether oxygens (including phenoxy) is 2. The minimum atomic E-state index is -4.36. The van der Waals surface area contributed by atoms with Crippen LogP contribution in [0.25, 0.3) is 4.91 Å². The molecule has 0 aromatic heterocycles. The number of aryl methyl sites for hydroxylation is 1. The van der Waals surface area contributed by atoms with Crippen molar-refractivity contribution in [2.45, 2.75) is 58.9 Å². The lowest BCUT2D eigenvalue weighted by atomic mass is 10.1. The standard InChI is InChI=1S/C26H27F3O4S/c1-15-6-13-22(18-7-9-19(10-8-18)26(27,28)29)34-23(15)17(3)32-20-11-12-21(16(2)14-20)33-25(4,5)24(30)31/h7-14,17H,6H2,1-5H3,(H,30,31)/t17-/m1/s1. The summed E-state index contributed by atoms with van der Waals surface area (Å²) in [4.78, 5) is 13.2. The summed E-state index contributed by atoms with van der Waals surface area (Å²) >= 11 is 1.50. The van der Waals surface area contributed by atoms with E-state index >= 15 is 0 Å². The second-order valence-corrected chi connectivity index (χ2v) is 9.78. The third kappa shape index (κ3) is 5.97. The van der Waals surface area contributed by atoms with E-state index in [2.05, 4.69) is 0 Å². The molecule has 182 valence electrons. The summed E-state index contributed by atoms with van der Waals surface area (Å²) in [6.07, 6.45) is -1.95. The van der Waals surface area contributed by atoms with Crippen LogP contribution in [-0.2, 0) is 11.0 Å². The Balaban J connectivity index is 1.71. The highest BCUT2D eigenvalue weighted by atomic mass is 32.2. The molecule has 0 bridgehead atoms. The third-order valence-electron chi connectivity index (χ3n) is 5.44. The molecule has 4 nitrogen and oxygen atoms in total. The maximum absolute atomic E-state index is 12.9. The molecule has 0 saturated heterocycles. The first-order chi connectivity index (χ1) is 15.8. The van der Waals surface area contributed by atoms with E-state index < -0.39 is 23.3 Å². The first kappa shape index (κ1) is 25.7. The number of carboxylic acids is 1. The first-order valence-electron chi connectivity index (χ1n) is 10.7. The van der Waals surface area contributed by atoms with Crippen LogP contribution >= 0.6 is 11.8 Å². The van der Waals surface area contributed by atoms with Gasteiger partial charge in [-0.1, -0.05) is 35.5 Å². The fourth-order valence-electron chi connectivity index (χ4n) is 3.41. The first-order valence-corrected chi connectivity index (χ1v) is 11.5. The number of allylic oxidation sites excluding steroid dienone is 2. The molecule has 0 aliphatic carbocycles. The number of hydrogen-bond donors (Lipinski definition) is 1. The SMILES string of the molecule is CC1=C([C@@H](C)Oc2ccc(OC(C)(C)C(=O)O)c(C)c2)SC(c2ccc(C(F)(F)F)cc2)=CC1. The Hall–Kier alpha value is -2.87. The number of benzene rings is 2. The molecule has 0 unspecified atom stereocenters. The monoisotopic (exact) mass is 492 g/mol. The zero-order valence-electron chi connectivity index (χ0n) is 19.6. The van der Waals surface area contributed by atoms with Gasteiger partial charge in [0, 0.05) is 9.81 Å². The van der Waals surface area contributed by atoms with Crippen molar-refractivity contribution in [3.8, 4) is 11.5 Å². The van der Waals surface area contributed by atoms with Gasteiger partial charge in [-0.3, -0.25) is 0 Å². The van der Waals surface area contributed by atoms with Crippen molar-refractivity contribution in [3.63, 3.8) is 0 Å². The Bertz CT molecular complexity index is 1130. The lowest BCUT2D eigenvalue weighted by Gasteiger charge is -2.25. The summed E-state index contributed by atoms with van der Waals surface area (Å²) in [5.41, 5.74) is 0.575. The molecule has 0 saturated carbocycles. The maximum Gasteiger partial charge on any atom is 0.416 e. The van der Waals surface area contributed by atoms with Gasteiger partial charge in [-0.25, -0.2) is 4.79 Å². The summed E-state index contributed by atoms with van der Waals surface area (Å²) in [7, 11) is 0. The molecule has 3 rings (SSSR count). The number of rotatable bonds is 7. The highest BCUT2D eigenvalue weighted by Crippen LogP contribution is 2.43. The molecule has 2 aromatic rings. The van der Waals surface area contributed by atoms with Crippen LogP contribution in [0.15, 0.2) is 59.0 Å². The van der Waals surface area contributed by atoms with Crippen molar-refractivity contribution in [1.82, 2.24) is 0 Å². The van der Waals surface area contributed by atoms with Crippen molar-refractivity contribution in [3.05, 3.63) is 75.7 Å². The number of aliphatic carboxylic acids is 1. The summed E-state index contributed by atoms with van der Waals surface area (Å²) in [6.45, 7) is 8.72. The molecule has 8 heteroatoms. The average molecular weight is 493 g/mol. The van der Waals surface area contributed by atoms with Crippen LogP contribution in [0, 0.1) is 6.92 Å². The molecule has 1 atom stereocenters. The Morgan fingerprint density at radius 1 is 1.09 bits per heavy atom. The van der Waals surface area contributed by atoms with E-state index in [1.54, 1.807) is 18.2 Å². The minimum Gasteiger partial charge on any atom is -0.485 e. The molecule has 1 aliphatic rings. The summed E-state index contributed by atoms with van der Waals surface area (Å²) < 4.78 is 50.4. The van der Waals surface area contributed by atoms with Gasteiger partial charge in [0.05, 0.1) is 5.56 Å². The molecule has 0 radical (unpaired) electrons. The number of thioether (sulfide) groups is 1. The molecule has 1 N–H and O–H groups in total. The molecule has 2 aromatic carbocycles. The van der Waals surface area contributed by atoms with E-state index in [0.717, 1.165) is 38.6 Å². The molecule has 34 heavy (non-hydrogen) atoms. The molecule has 1 aliphatic heterocycles. The van der Waals surface area contributed by atoms with Gasteiger partial charge in [0.2, 0.25) is 0 Å². The van der Waals surface area contributed by atoms with Gasteiger partial charge in [0.25, 0.3) is 0 Å². The quantitative estimate of drug-likeness (QED) is 0.434. The number of hydrogen-bond acceptors (Lipinski definition) is 4. The zero-order chi connectivity index (χ0) is 25.3. The summed E-state index contributed by atoms with van der Waals surface area (Å²) in [5, 5.41) is 9.28. The lowest BCUT2D eigenvalue weighted by Crippen LogP contribution is -2.38. The number of alkyl halides is 3. The van der Waals surface area contributed by atoms with Gasteiger partial charge < -0.3 is 14.6 Å². The van der Waals surface area contributed by atoms with Crippen LogP contribution in [0.1, 0.15) is 50.8 Å². The van der Waals surface area contributed by atoms with E-state index in [-0.39, 0.29) is 6.10 Å². The average Bonchev–Trinajstić information content (AvgIpc) is 2.75. The van der Waals surface area contributed by atoms with Crippen LogP contribution < -0.4 is 9.47 Å². The van der Waals surface area contributed by atoms with Crippen molar-refractivity contribution in [2.24, 2.45) is 0 Å². The van der Waals surface area contributed by atoms with Crippen LogP contribution in [-0.4, -0.2) is 22.8 Å². The van der Waals surface area contributed by atoms with Crippen molar-refractivity contribution in [1.29, 1.82) is 0 Å². The smallest absolute Gasteiger partial charge is 0.416 e. The Morgan fingerprint density at radius 2 is 1.74 bits per heavy atom. The molecular weight excluding hydrogens is 465 g/mol. The van der Waals surface area contributed by atoms with Gasteiger partial charge in [-0.2, -0.15) is 13.2 Å². The molecular formula is C26H27F3O4S. The van der Waals surface area contributed by atoms with E-state index in [4.69, 9.17) is 9.47 Å². The van der Waals surface area contributed by atoms with Gasteiger partial charge in [0.15, 0.2) is 5.60 Å². The fourth-order valence-corrected chi connectivity index (χ4v) is 4.54. The fraction of sp³-hybridized carbons (Fsp3) is 0.346. The highest BCUT2D eigenvalue weighted by molar-refractivity contribution is 8.11. The highest BCUT2D eigenvalue weighted by Gasteiger charge is 2.31. The summed E-state index contributed by atoms with van der Waals surface area (Å²) in [6, 6.07) is 10.4. The van der Waals surface area contributed by atoms with Crippen LogP contribution in [0.5, 0.6) is 11.5 Å². The summed E-state index contributed by atoms with van der Waals surface area (Å²) in [5.74, 6) is 0.00821. The van der Waals surface area contributed by atoms with Crippen LogP contribution in [0.2, 0.25) is 0 Å². The molecule has 0 amide bonds. The zero-order valence-corrected chi connectivity index (χ0v) is 20.4. The molecule has 0 spiro atoms. The largest absolute Gasteiger partial charge is 0.485 e. The van der Waals surface area contributed by atoms with Crippen molar-refractivity contribution in [2.75, 3.05) is 0 Å². The van der Waals surface area contributed by atoms with Gasteiger partial charge >= 0.3 is 12.1 Å². The van der Waals surface area contributed by atoms with Crippen LogP contribution in [0.3, 0.4) is 0 Å². The van der Waals surface area contributed by atoms with Crippen molar-refractivity contribution >= 4 is 22.6 Å². The van der Waals surface area contributed by atoms with E-state index in [0.29, 0.717) is 17.9 Å². The van der Waals surface area contributed by atoms with E-state index in [9.17, 15) is 23.1 Å². The minimum absolute atomic E-state index is 0.287. The normalized spacial score (nSPS) is 15.6. The van der Waals surface area contributed by atoms with E-state index in [1.165, 1.54) is 37.7 Å². The Morgan fingerprint density at radius 3 is 2.29 bits per heavy atom. The second-order valence-electron chi connectivity index (χ2n) is 8.70. The van der Waals surface area contributed by atoms with Crippen molar-refractivity contribution < 1.29 is 32.5 Å². The van der Waals surface area contributed by atoms with Gasteiger partial charge in [-0.15, -0.1) is 0 Å². The predicted molar refractivity (Wildman–Crippen MR) is 128 cm³/mol. The number of carboxylic acid groups (broad SMARTS) is 1. The topological polar surface area (TPSA) is 55.8 Å². The number of halogens is 3.